The van der Waals surface area contributed by atoms with Gasteiger partial charge in [-0.25, -0.2) is 4.52 Å². The van der Waals surface area contributed by atoms with Crippen LogP contribution in [0.15, 0.2) is 48.7 Å². The average molecular weight is 348 g/mol. The first-order valence-electron chi connectivity index (χ1n) is 8.65. The van der Waals surface area contributed by atoms with Crippen molar-refractivity contribution >= 4 is 17.3 Å². The molecule has 0 spiro atoms. The normalized spacial score (nSPS) is 17.4. The highest BCUT2D eigenvalue weighted by Gasteiger charge is 2.35. The van der Waals surface area contributed by atoms with Crippen LogP contribution in [0.1, 0.15) is 33.2 Å². The standard InChI is InChI=1S/C20H20N4O2/c1-13-8-9-17-16(12-22-24(17)14(13)2)20(26)23-11-10-21-19(25)18(23)15-6-4-3-5-7-15/h3-9,12,18H,10-11H2,1-2H3,(H,21,25). The Balaban J connectivity index is 1.77. The number of hydrogen-bond acceptors (Lipinski definition) is 3. The molecule has 1 aromatic carbocycles. The molecule has 1 fully saturated rings. The number of aryl methyl sites for hydroxylation is 2. The van der Waals surface area contributed by atoms with Crippen molar-refractivity contribution in [2.75, 3.05) is 13.1 Å². The van der Waals surface area contributed by atoms with Crippen molar-refractivity contribution in [3.63, 3.8) is 0 Å². The number of carbonyl (C=O) groups excluding carboxylic acids is 2. The van der Waals surface area contributed by atoms with Crippen LogP contribution in [-0.2, 0) is 4.79 Å². The zero-order valence-corrected chi connectivity index (χ0v) is 14.8. The van der Waals surface area contributed by atoms with Crippen molar-refractivity contribution < 1.29 is 9.59 Å². The van der Waals surface area contributed by atoms with Crippen LogP contribution in [0, 0.1) is 13.8 Å². The summed E-state index contributed by atoms with van der Waals surface area (Å²) in [5.41, 5.74) is 4.19. The van der Waals surface area contributed by atoms with E-state index in [1.165, 1.54) is 0 Å². The summed E-state index contributed by atoms with van der Waals surface area (Å²) in [6.07, 6.45) is 1.60. The Morgan fingerprint density at radius 3 is 2.69 bits per heavy atom. The van der Waals surface area contributed by atoms with E-state index in [9.17, 15) is 9.59 Å². The highest BCUT2D eigenvalue weighted by molar-refractivity contribution is 6.03. The molecule has 26 heavy (non-hydrogen) atoms. The predicted octanol–water partition coefficient (Wildman–Crippen LogP) is 2.26. The molecule has 3 aromatic rings. The lowest BCUT2D eigenvalue weighted by atomic mass is 10.0. The van der Waals surface area contributed by atoms with Gasteiger partial charge in [0.25, 0.3) is 5.91 Å². The van der Waals surface area contributed by atoms with Gasteiger partial charge < -0.3 is 10.2 Å². The minimum absolute atomic E-state index is 0.153. The van der Waals surface area contributed by atoms with E-state index in [1.54, 1.807) is 15.6 Å². The smallest absolute Gasteiger partial charge is 0.258 e. The van der Waals surface area contributed by atoms with E-state index in [0.29, 0.717) is 18.7 Å². The van der Waals surface area contributed by atoms with Crippen LogP contribution in [-0.4, -0.2) is 39.4 Å². The SMILES string of the molecule is Cc1ccc2c(C(=O)N3CCNC(=O)C3c3ccccc3)cnn2c1C. The lowest BCUT2D eigenvalue weighted by Gasteiger charge is -2.35. The van der Waals surface area contributed by atoms with Crippen molar-refractivity contribution in [3.05, 3.63) is 71.0 Å². The molecule has 0 bridgehead atoms. The highest BCUT2D eigenvalue weighted by Crippen LogP contribution is 2.26. The second-order valence-corrected chi connectivity index (χ2v) is 6.56. The largest absolute Gasteiger partial charge is 0.352 e. The number of piperazine rings is 1. The molecule has 6 nitrogen and oxygen atoms in total. The van der Waals surface area contributed by atoms with Crippen molar-refractivity contribution in [1.82, 2.24) is 19.8 Å². The second-order valence-electron chi connectivity index (χ2n) is 6.56. The Hall–Kier alpha value is -3.15. The van der Waals surface area contributed by atoms with E-state index in [2.05, 4.69) is 10.4 Å². The second kappa shape index (κ2) is 6.29. The van der Waals surface area contributed by atoms with Crippen molar-refractivity contribution in [2.24, 2.45) is 0 Å². The van der Waals surface area contributed by atoms with Gasteiger partial charge in [-0.1, -0.05) is 36.4 Å². The maximum absolute atomic E-state index is 13.3. The Morgan fingerprint density at radius 2 is 1.92 bits per heavy atom. The molecule has 2 aromatic heterocycles. The van der Waals surface area contributed by atoms with Crippen LogP contribution in [0.4, 0.5) is 0 Å². The number of rotatable bonds is 2. The van der Waals surface area contributed by atoms with Gasteiger partial charge in [0.2, 0.25) is 5.91 Å². The third-order valence-corrected chi connectivity index (χ3v) is 5.00. The number of benzene rings is 1. The van der Waals surface area contributed by atoms with Gasteiger partial charge in [0.1, 0.15) is 6.04 Å². The maximum Gasteiger partial charge on any atom is 0.258 e. The van der Waals surface area contributed by atoms with Crippen LogP contribution in [0.3, 0.4) is 0 Å². The minimum atomic E-state index is -0.626. The van der Waals surface area contributed by atoms with Gasteiger partial charge in [0.05, 0.1) is 17.3 Å². The molecular formula is C20H20N4O2. The quantitative estimate of drug-likeness (QED) is 0.772. The number of carbonyl (C=O) groups is 2. The molecular weight excluding hydrogens is 328 g/mol. The molecule has 0 radical (unpaired) electrons. The van der Waals surface area contributed by atoms with E-state index >= 15 is 0 Å². The molecule has 0 saturated carbocycles. The van der Waals surface area contributed by atoms with Gasteiger partial charge in [-0.2, -0.15) is 5.10 Å². The molecule has 1 saturated heterocycles. The third kappa shape index (κ3) is 2.54. The summed E-state index contributed by atoms with van der Waals surface area (Å²) < 4.78 is 1.78. The maximum atomic E-state index is 13.3. The number of pyridine rings is 1. The average Bonchev–Trinajstić information content (AvgIpc) is 3.09. The van der Waals surface area contributed by atoms with E-state index in [1.807, 2.05) is 56.3 Å². The highest BCUT2D eigenvalue weighted by atomic mass is 16.2. The lowest BCUT2D eigenvalue weighted by Crippen LogP contribution is -2.52. The fourth-order valence-corrected chi connectivity index (χ4v) is 3.45. The van der Waals surface area contributed by atoms with Gasteiger partial charge in [0, 0.05) is 18.8 Å². The number of fused-ring (bicyclic) bond motifs is 1. The molecule has 1 atom stereocenters. The summed E-state index contributed by atoms with van der Waals surface area (Å²) in [4.78, 5) is 27.4. The summed E-state index contributed by atoms with van der Waals surface area (Å²) in [7, 11) is 0. The number of aromatic nitrogens is 2. The summed E-state index contributed by atoms with van der Waals surface area (Å²) in [5.74, 6) is -0.328. The van der Waals surface area contributed by atoms with E-state index in [4.69, 9.17) is 0 Å². The monoisotopic (exact) mass is 348 g/mol. The van der Waals surface area contributed by atoms with Crippen LogP contribution >= 0.6 is 0 Å². The van der Waals surface area contributed by atoms with Crippen LogP contribution < -0.4 is 5.32 Å². The molecule has 2 amide bonds. The Labute approximate surface area is 151 Å². The topological polar surface area (TPSA) is 66.7 Å². The first-order chi connectivity index (χ1) is 12.6. The molecule has 1 aliphatic rings. The summed E-state index contributed by atoms with van der Waals surface area (Å²) >= 11 is 0. The summed E-state index contributed by atoms with van der Waals surface area (Å²) in [6, 6.07) is 12.7. The Kier molecular flexibility index (Phi) is 3.95. The van der Waals surface area contributed by atoms with Gasteiger partial charge in [-0.15, -0.1) is 0 Å². The van der Waals surface area contributed by atoms with Crippen LogP contribution in [0.2, 0.25) is 0 Å². The van der Waals surface area contributed by atoms with Gasteiger partial charge in [-0.05, 0) is 31.0 Å². The summed E-state index contributed by atoms with van der Waals surface area (Å²) in [5, 5.41) is 7.24. The molecule has 4 rings (SSSR count). The molecule has 3 heterocycles. The predicted molar refractivity (Wildman–Crippen MR) is 97.9 cm³/mol. The molecule has 132 valence electrons. The molecule has 1 aliphatic heterocycles. The zero-order chi connectivity index (χ0) is 18.3. The van der Waals surface area contributed by atoms with Crippen molar-refractivity contribution in [1.29, 1.82) is 0 Å². The van der Waals surface area contributed by atoms with E-state index < -0.39 is 6.04 Å². The lowest BCUT2D eigenvalue weighted by molar-refractivity contribution is -0.128. The minimum Gasteiger partial charge on any atom is -0.352 e. The zero-order valence-electron chi connectivity index (χ0n) is 14.8. The molecule has 0 aliphatic carbocycles. The number of nitrogens with zero attached hydrogens (tertiary/aromatic N) is 3. The van der Waals surface area contributed by atoms with Gasteiger partial charge in [0.15, 0.2) is 0 Å². The summed E-state index contributed by atoms with van der Waals surface area (Å²) in [6.45, 7) is 4.90. The van der Waals surface area contributed by atoms with E-state index in [-0.39, 0.29) is 11.8 Å². The van der Waals surface area contributed by atoms with Gasteiger partial charge in [-0.3, -0.25) is 9.59 Å². The molecule has 1 unspecified atom stereocenters. The fraction of sp³-hybridized carbons (Fsp3) is 0.250. The fourth-order valence-electron chi connectivity index (χ4n) is 3.45. The van der Waals surface area contributed by atoms with E-state index in [0.717, 1.165) is 22.3 Å². The Morgan fingerprint density at radius 1 is 1.15 bits per heavy atom. The van der Waals surface area contributed by atoms with Crippen molar-refractivity contribution in [2.45, 2.75) is 19.9 Å². The number of amides is 2. The van der Waals surface area contributed by atoms with Crippen LogP contribution in [0.5, 0.6) is 0 Å². The molecule has 1 N–H and O–H groups in total. The number of hydrogen-bond donors (Lipinski definition) is 1. The van der Waals surface area contributed by atoms with Crippen molar-refractivity contribution in [3.8, 4) is 0 Å². The molecule has 6 heteroatoms. The van der Waals surface area contributed by atoms with Crippen LogP contribution in [0.25, 0.3) is 5.52 Å². The third-order valence-electron chi connectivity index (χ3n) is 5.00. The first kappa shape index (κ1) is 16.3. The Bertz CT molecular complexity index is 994. The number of nitrogens with one attached hydrogen (secondary N) is 1. The first-order valence-corrected chi connectivity index (χ1v) is 8.65. The van der Waals surface area contributed by atoms with Gasteiger partial charge >= 0.3 is 0 Å².